The topological polar surface area (TPSA) is 119 Å². The zero-order chi connectivity index (χ0) is 20.7. The van der Waals surface area contributed by atoms with E-state index in [1.54, 1.807) is 12.1 Å². The molecule has 0 bridgehead atoms. The Hall–Kier alpha value is -3.27. The summed E-state index contributed by atoms with van der Waals surface area (Å²) in [6, 6.07) is 10.7. The van der Waals surface area contributed by atoms with E-state index in [0.29, 0.717) is 0 Å². The molecule has 0 saturated heterocycles. The Bertz CT molecular complexity index is 989. The normalized spacial score (nSPS) is 10.8. The summed E-state index contributed by atoms with van der Waals surface area (Å²) < 4.78 is 41.6. The second kappa shape index (κ2) is 9.09. The Morgan fingerprint density at radius 3 is 2.11 bits per heavy atom. The summed E-state index contributed by atoms with van der Waals surface area (Å²) in [6.45, 7) is 0. The highest BCUT2D eigenvalue weighted by Crippen LogP contribution is 2.16. The third kappa shape index (κ3) is 6.16. The average molecular weight is 408 g/mol. The molecule has 0 aliphatic heterocycles. The fourth-order valence-corrected chi connectivity index (χ4v) is 3.29. The first-order chi connectivity index (χ1) is 13.2. The van der Waals surface area contributed by atoms with Crippen LogP contribution in [0.5, 0.6) is 0 Å². The van der Waals surface area contributed by atoms with Crippen LogP contribution in [-0.2, 0) is 24.2 Å². The minimum atomic E-state index is -4.08. The molecule has 0 heterocycles. The van der Waals surface area contributed by atoms with Crippen molar-refractivity contribution < 1.29 is 31.9 Å². The van der Waals surface area contributed by atoms with Crippen LogP contribution in [0.3, 0.4) is 0 Å². The van der Waals surface area contributed by atoms with Gasteiger partial charge in [-0.1, -0.05) is 12.1 Å². The molecular weight excluding hydrogens is 391 g/mol. The maximum atomic E-state index is 12.8. The fourth-order valence-electron chi connectivity index (χ4n) is 2.25. The molecule has 2 rings (SSSR count). The summed E-state index contributed by atoms with van der Waals surface area (Å²) >= 11 is 0. The molecule has 2 N–H and O–H groups in total. The molecule has 0 fully saturated rings. The molecule has 10 heteroatoms. The predicted molar refractivity (Wildman–Crippen MR) is 100 cm³/mol. The van der Waals surface area contributed by atoms with Crippen molar-refractivity contribution in [3.05, 3.63) is 59.9 Å². The predicted octanol–water partition coefficient (Wildman–Crippen LogP) is 1.60. The number of carbonyl (C=O) groups excluding carboxylic acids is 3. The van der Waals surface area contributed by atoms with Gasteiger partial charge in [0, 0.05) is 5.69 Å². The number of benzene rings is 2. The Kier molecular flexibility index (Phi) is 6.83. The zero-order valence-electron chi connectivity index (χ0n) is 14.8. The van der Waals surface area contributed by atoms with E-state index in [0.717, 1.165) is 12.1 Å². The Morgan fingerprint density at radius 1 is 0.929 bits per heavy atom. The van der Waals surface area contributed by atoms with Gasteiger partial charge in [0.25, 0.3) is 0 Å². The molecule has 0 saturated carbocycles. The van der Waals surface area contributed by atoms with Crippen LogP contribution in [0.15, 0.2) is 48.5 Å². The minimum Gasteiger partial charge on any atom is -0.465 e. The standard InChI is InChI=1S/C18H17FN2O6S/c1-27-18(24)14-4-2-3-5-15(14)21-17(23)11-28(25,26)10-16(22)20-13-8-6-12(19)7-9-13/h2-9H,10-11H2,1H3,(H,20,22)(H,21,23). The number of ether oxygens (including phenoxy) is 1. The van der Waals surface area contributed by atoms with Gasteiger partial charge in [-0.15, -0.1) is 0 Å². The quantitative estimate of drug-likeness (QED) is 0.672. The largest absolute Gasteiger partial charge is 0.465 e. The average Bonchev–Trinajstić information content (AvgIpc) is 2.62. The van der Waals surface area contributed by atoms with Gasteiger partial charge in [0.2, 0.25) is 11.8 Å². The van der Waals surface area contributed by atoms with Crippen LogP contribution in [0.25, 0.3) is 0 Å². The molecule has 8 nitrogen and oxygen atoms in total. The van der Waals surface area contributed by atoms with E-state index >= 15 is 0 Å². The first-order valence-corrected chi connectivity index (χ1v) is 9.75. The molecule has 2 aromatic carbocycles. The Balaban J connectivity index is 1.98. The molecule has 0 atom stereocenters. The SMILES string of the molecule is COC(=O)c1ccccc1NC(=O)CS(=O)(=O)CC(=O)Nc1ccc(F)cc1. The maximum Gasteiger partial charge on any atom is 0.339 e. The van der Waals surface area contributed by atoms with Gasteiger partial charge in [-0.2, -0.15) is 0 Å². The molecule has 148 valence electrons. The minimum absolute atomic E-state index is 0.0600. The number of sulfone groups is 1. The number of hydrogen-bond acceptors (Lipinski definition) is 6. The van der Waals surface area contributed by atoms with Crippen molar-refractivity contribution in [2.75, 3.05) is 29.2 Å². The number of hydrogen-bond donors (Lipinski definition) is 2. The first-order valence-electron chi connectivity index (χ1n) is 7.93. The van der Waals surface area contributed by atoms with Crippen molar-refractivity contribution in [2.45, 2.75) is 0 Å². The number of para-hydroxylation sites is 1. The number of halogens is 1. The number of rotatable bonds is 7. The molecule has 2 aromatic rings. The van der Waals surface area contributed by atoms with Crippen molar-refractivity contribution in [3.8, 4) is 0 Å². The fraction of sp³-hybridized carbons (Fsp3) is 0.167. The summed E-state index contributed by atoms with van der Waals surface area (Å²) in [7, 11) is -2.91. The second-order valence-corrected chi connectivity index (χ2v) is 7.74. The third-order valence-corrected chi connectivity index (χ3v) is 4.84. The van der Waals surface area contributed by atoms with Crippen molar-refractivity contribution >= 4 is 39.0 Å². The number of nitrogens with one attached hydrogen (secondary N) is 2. The highest BCUT2D eigenvalue weighted by atomic mass is 32.2. The van der Waals surface area contributed by atoms with Gasteiger partial charge in [0.15, 0.2) is 9.84 Å². The summed E-state index contributed by atoms with van der Waals surface area (Å²) in [6.07, 6.45) is 0. The number of carbonyl (C=O) groups is 3. The van der Waals surface area contributed by atoms with Gasteiger partial charge >= 0.3 is 5.97 Å². The van der Waals surface area contributed by atoms with Gasteiger partial charge < -0.3 is 15.4 Å². The van der Waals surface area contributed by atoms with Gasteiger partial charge in [-0.05, 0) is 36.4 Å². The van der Waals surface area contributed by atoms with Gasteiger partial charge in [0.1, 0.15) is 17.3 Å². The van der Waals surface area contributed by atoms with E-state index in [1.165, 1.54) is 31.4 Å². The smallest absolute Gasteiger partial charge is 0.339 e. The monoisotopic (exact) mass is 408 g/mol. The van der Waals surface area contributed by atoms with E-state index in [1.807, 2.05) is 0 Å². The van der Waals surface area contributed by atoms with E-state index in [-0.39, 0.29) is 16.9 Å². The van der Waals surface area contributed by atoms with E-state index in [4.69, 9.17) is 0 Å². The summed E-state index contributed by atoms with van der Waals surface area (Å²) in [5.74, 6) is -4.87. The van der Waals surface area contributed by atoms with Crippen molar-refractivity contribution in [3.63, 3.8) is 0 Å². The highest BCUT2D eigenvalue weighted by molar-refractivity contribution is 7.92. The lowest BCUT2D eigenvalue weighted by molar-refractivity contribution is -0.114. The zero-order valence-corrected chi connectivity index (χ0v) is 15.6. The lowest BCUT2D eigenvalue weighted by atomic mass is 10.2. The van der Waals surface area contributed by atoms with Gasteiger partial charge in [0.05, 0.1) is 18.4 Å². The van der Waals surface area contributed by atoms with Crippen LogP contribution in [-0.4, -0.2) is 44.8 Å². The molecule has 2 amide bonds. The molecular formula is C18H17FN2O6S. The number of methoxy groups -OCH3 is 1. The third-order valence-electron chi connectivity index (χ3n) is 3.44. The van der Waals surface area contributed by atoms with Crippen LogP contribution in [0.1, 0.15) is 10.4 Å². The maximum absolute atomic E-state index is 12.8. The summed E-state index contributed by atoms with van der Waals surface area (Å²) in [5.41, 5.74) is 0.369. The first kappa shape index (κ1) is 21.0. The lowest BCUT2D eigenvalue weighted by Gasteiger charge is -2.10. The number of anilines is 2. The van der Waals surface area contributed by atoms with Crippen molar-refractivity contribution in [1.29, 1.82) is 0 Å². The molecule has 0 aromatic heterocycles. The van der Waals surface area contributed by atoms with E-state index in [9.17, 15) is 27.2 Å². The van der Waals surface area contributed by atoms with E-state index < -0.39 is 44.9 Å². The lowest BCUT2D eigenvalue weighted by Crippen LogP contribution is -2.30. The molecule has 0 unspecified atom stereocenters. The van der Waals surface area contributed by atoms with Gasteiger partial charge in [-0.25, -0.2) is 17.6 Å². The Labute approximate surface area is 160 Å². The van der Waals surface area contributed by atoms with Crippen LogP contribution in [0, 0.1) is 5.82 Å². The van der Waals surface area contributed by atoms with Crippen LogP contribution in [0.4, 0.5) is 15.8 Å². The summed E-state index contributed by atoms with van der Waals surface area (Å²) in [5, 5.41) is 4.62. The highest BCUT2D eigenvalue weighted by Gasteiger charge is 2.22. The van der Waals surface area contributed by atoms with Gasteiger partial charge in [-0.3, -0.25) is 9.59 Å². The molecule has 0 spiro atoms. The molecule has 0 radical (unpaired) electrons. The molecule has 28 heavy (non-hydrogen) atoms. The van der Waals surface area contributed by atoms with E-state index in [2.05, 4.69) is 15.4 Å². The second-order valence-electron chi connectivity index (χ2n) is 5.67. The van der Waals surface area contributed by atoms with Crippen LogP contribution >= 0.6 is 0 Å². The molecule has 0 aliphatic carbocycles. The summed E-state index contributed by atoms with van der Waals surface area (Å²) in [4.78, 5) is 35.6. The Morgan fingerprint density at radius 2 is 1.50 bits per heavy atom. The van der Waals surface area contributed by atoms with Crippen LogP contribution in [0.2, 0.25) is 0 Å². The number of amides is 2. The van der Waals surface area contributed by atoms with Crippen LogP contribution < -0.4 is 10.6 Å². The molecule has 0 aliphatic rings. The van der Waals surface area contributed by atoms with Crippen molar-refractivity contribution in [1.82, 2.24) is 0 Å². The van der Waals surface area contributed by atoms with Crippen molar-refractivity contribution in [2.24, 2.45) is 0 Å². The number of esters is 1.